The van der Waals surface area contributed by atoms with Crippen LogP contribution in [0.4, 0.5) is 4.39 Å². The number of sulfonamides is 1. The van der Waals surface area contributed by atoms with Crippen LogP contribution in [0.3, 0.4) is 0 Å². The third-order valence-electron chi connectivity index (χ3n) is 4.84. The quantitative estimate of drug-likeness (QED) is 0.759. The van der Waals surface area contributed by atoms with Crippen molar-refractivity contribution in [3.63, 3.8) is 0 Å². The van der Waals surface area contributed by atoms with Gasteiger partial charge in [-0.25, -0.2) is 17.1 Å². The molecule has 1 aliphatic heterocycles. The van der Waals surface area contributed by atoms with Gasteiger partial charge < -0.3 is 9.84 Å². The Bertz CT molecular complexity index is 968. The monoisotopic (exact) mass is 409 g/mol. The summed E-state index contributed by atoms with van der Waals surface area (Å²) in [6, 6.07) is 7.65. The number of piperidine rings is 1. The summed E-state index contributed by atoms with van der Waals surface area (Å²) in [7, 11) is -3.23. The number of carboxylic acid groups (broad SMARTS) is 1. The highest BCUT2D eigenvalue weighted by Crippen LogP contribution is 2.31. The van der Waals surface area contributed by atoms with Gasteiger partial charge in [-0.3, -0.25) is 4.79 Å². The van der Waals surface area contributed by atoms with Crippen LogP contribution in [0.15, 0.2) is 30.3 Å². The van der Waals surface area contributed by atoms with E-state index in [1.165, 1.54) is 16.4 Å². The molecule has 6 nitrogen and oxygen atoms in total. The first-order chi connectivity index (χ1) is 13.3. The van der Waals surface area contributed by atoms with Crippen LogP contribution < -0.4 is 4.74 Å². The van der Waals surface area contributed by atoms with Crippen LogP contribution in [0.1, 0.15) is 31.7 Å². The van der Waals surface area contributed by atoms with Gasteiger partial charge in [0, 0.05) is 18.5 Å². The Morgan fingerprint density at radius 1 is 1.25 bits per heavy atom. The summed E-state index contributed by atoms with van der Waals surface area (Å²) < 4.78 is 45.7. The Labute approximate surface area is 164 Å². The van der Waals surface area contributed by atoms with E-state index in [0.717, 1.165) is 0 Å². The van der Waals surface area contributed by atoms with Crippen molar-refractivity contribution in [3.8, 4) is 5.75 Å². The molecule has 2 aromatic rings. The van der Waals surface area contributed by atoms with Crippen molar-refractivity contribution in [2.45, 2.75) is 38.7 Å². The highest BCUT2D eigenvalue weighted by Gasteiger charge is 2.28. The van der Waals surface area contributed by atoms with Crippen molar-refractivity contribution in [1.29, 1.82) is 0 Å². The lowest BCUT2D eigenvalue weighted by Crippen LogP contribution is -2.42. The van der Waals surface area contributed by atoms with Gasteiger partial charge in [0.15, 0.2) is 0 Å². The summed E-state index contributed by atoms with van der Waals surface area (Å²) in [5.74, 6) is -0.784. The van der Waals surface area contributed by atoms with E-state index in [0.29, 0.717) is 54.4 Å². The number of fused-ring (bicyclic) bond motifs is 1. The molecule has 0 radical (unpaired) electrons. The maximum atomic E-state index is 13.7. The molecule has 0 bridgehead atoms. The van der Waals surface area contributed by atoms with Crippen molar-refractivity contribution in [1.82, 2.24) is 4.31 Å². The minimum Gasteiger partial charge on any atom is -0.490 e. The summed E-state index contributed by atoms with van der Waals surface area (Å²) in [6.45, 7) is 2.60. The van der Waals surface area contributed by atoms with Crippen LogP contribution in [0.5, 0.6) is 5.75 Å². The van der Waals surface area contributed by atoms with Crippen LogP contribution in [0, 0.1) is 5.82 Å². The number of carboxylic acids is 1. The molecule has 0 unspecified atom stereocenters. The van der Waals surface area contributed by atoms with Crippen LogP contribution in [-0.4, -0.2) is 48.7 Å². The van der Waals surface area contributed by atoms with Gasteiger partial charge in [0.05, 0.1) is 12.2 Å². The predicted octanol–water partition coefficient (Wildman–Crippen LogP) is 3.19. The molecule has 1 heterocycles. The molecule has 8 heteroatoms. The standard InChI is InChI=1S/C20H24FNO5S/c1-2-9-28(25,26)22-7-5-17(6-8-22)27-19-11-14(12-20(23)24)10-15-3-4-16(21)13-18(15)19/h3-4,10-11,13,17H,2,5-9,12H2,1H3,(H,23,24). The molecule has 1 aliphatic rings. The topological polar surface area (TPSA) is 83.9 Å². The Kier molecular flexibility index (Phi) is 6.20. The fourth-order valence-electron chi connectivity index (χ4n) is 3.52. The third kappa shape index (κ3) is 4.80. The van der Waals surface area contributed by atoms with Gasteiger partial charge in [0.25, 0.3) is 0 Å². The Morgan fingerprint density at radius 2 is 1.96 bits per heavy atom. The van der Waals surface area contributed by atoms with E-state index >= 15 is 0 Å². The molecular formula is C20H24FNO5S. The van der Waals surface area contributed by atoms with Gasteiger partial charge >= 0.3 is 5.97 Å². The first kappa shape index (κ1) is 20.5. The first-order valence-electron chi connectivity index (χ1n) is 9.37. The second kappa shape index (κ2) is 8.45. The van der Waals surface area contributed by atoms with E-state index in [4.69, 9.17) is 9.84 Å². The van der Waals surface area contributed by atoms with E-state index in [-0.39, 0.29) is 18.3 Å². The number of hydrogen-bond donors (Lipinski definition) is 1. The number of ether oxygens (including phenoxy) is 1. The average molecular weight is 409 g/mol. The van der Waals surface area contributed by atoms with Crippen LogP contribution >= 0.6 is 0 Å². The number of halogens is 1. The molecule has 1 N–H and O–H groups in total. The number of nitrogens with zero attached hydrogens (tertiary/aromatic N) is 1. The number of benzene rings is 2. The number of hydrogen-bond acceptors (Lipinski definition) is 4. The van der Waals surface area contributed by atoms with Gasteiger partial charge in [0.1, 0.15) is 17.7 Å². The van der Waals surface area contributed by atoms with Crippen molar-refractivity contribution >= 4 is 26.8 Å². The zero-order valence-corrected chi connectivity index (χ0v) is 16.5. The molecule has 0 saturated carbocycles. The second-order valence-electron chi connectivity index (χ2n) is 7.06. The van der Waals surface area contributed by atoms with Gasteiger partial charge in [-0.1, -0.05) is 19.1 Å². The molecule has 0 aliphatic carbocycles. The fourth-order valence-corrected chi connectivity index (χ4v) is 5.07. The second-order valence-corrected chi connectivity index (χ2v) is 9.15. The number of carbonyl (C=O) groups is 1. The maximum Gasteiger partial charge on any atom is 0.307 e. The molecule has 152 valence electrons. The van der Waals surface area contributed by atoms with E-state index in [1.807, 2.05) is 6.92 Å². The molecule has 3 rings (SSSR count). The van der Waals surface area contributed by atoms with E-state index in [9.17, 15) is 17.6 Å². The van der Waals surface area contributed by atoms with Gasteiger partial charge in [0.2, 0.25) is 10.0 Å². The van der Waals surface area contributed by atoms with E-state index in [2.05, 4.69) is 0 Å². The van der Waals surface area contributed by atoms with E-state index in [1.54, 1.807) is 18.2 Å². The van der Waals surface area contributed by atoms with Crippen molar-refractivity contribution in [2.24, 2.45) is 0 Å². The zero-order valence-electron chi connectivity index (χ0n) is 15.7. The first-order valence-corrected chi connectivity index (χ1v) is 11.0. The van der Waals surface area contributed by atoms with Crippen LogP contribution in [0.25, 0.3) is 10.8 Å². The lowest BCUT2D eigenvalue weighted by Gasteiger charge is -2.31. The van der Waals surface area contributed by atoms with Gasteiger partial charge in [-0.15, -0.1) is 0 Å². The van der Waals surface area contributed by atoms with E-state index < -0.39 is 21.8 Å². The van der Waals surface area contributed by atoms with Gasteiger partial charge in [-0.2, -0.15) is 0 Å². The Hall–Kier alpha value is -2.19. The summed E-state index contributed by atoms with van der Waals surface area (Å²) >= 11 is 0. The lowest BCUT2D eigenvalue weighted by atomic mass is 10.0. The minimum absolute atomic E-state index is 0.139. The molecule has 2 aromatic carbocycles. The van der Waals surface area contributed by atoms with Gasteiger partial charge in [-0.05, 0) is 48.4 Å². The van der Waals surface area contributed by atoms with Crippen LogP contribution in [-0.2, 0) is 21.2 Å². The zero-order chi connectivity index (χ0) is 20.3. The highest BCUT2D eigenvalue weighted by atomic mass is 32.2. The fraction of sp³-hybridized carbons (Fsp3) is 0.450. The lowest BCUT2D eigenvalue weighted by molar-refractivity contribution is -0.136. The Balaban J connectivity index is 1.80. The molecule has 1 fully saturated rings. The summed E-state index contributed by atoms with van der Waals surface area (Å²) in [5, 5.41) is 10.4. The smallest absolute Gasteiger partial charge is 0.307 e. The molecule has 0 amide bonds. The molecule has 28 heavy (non-hydrogen) atoms. The van der Waals surface area contributed by atoms with Crippen LogP contribution in [0.2, 0.25) is 0 Å². The SMILES string of the molecule is CCCS(=O)(=O)N1CCC(Oc2cc(CC(=O)O)cc3ccc(F)cc23)CC1. The third-order valence-corrected chi connectivity index (χ3v) is 6.92. The average Bonchev–Trinajstić information content (AvgIpc) is 2.62. The maximum absolute atomic E-state index is 13.7. The molecule has 0 spiro atoms. The summed E-state index contributed by atoms with van der Waals surface area (Å²) in [5.41, 5.74) is 0.574. The Morgan fingerprint density at radius 3 is 2.61 bits per heavy atom. The molecule has 0 aromatic heterocycles. The van der Waals surface area contributed by atoms with Crippen molar-refractivity contribution < 1.29 is 27.4 Å². The largest absolute Gasteiger partial charge is 0.490 e. The molecule has 0 atom stereocenters. The normalized spacial score (nSPS) is 16.4. The highest BCUT2D eigenvalue weighted by molar-refractivity contribution is 7.89. The van der Waals surface area contributed by atoms with Crippen molar-refractivity contribution in [2.75, 3.05) is 18.8 Å². The molecular weight excluding hydrogens is 385 g/mol. The summed E-state index contributed by atoms with van der Waals surface area (Å²) in [6.07, 6.45) is 1.27. The molecule has 1 saturated heterocycles. The number of rotatable bonds is 7. The summed E-state index contributed by atoms with van der Waals surface area (Å²) in [4.78, 5) is 11.1. The van der Waals surface area contributed by atoms with Crippen molar-refractivity contribution in [3.05, 3.63) is 41.7 Å². The predicted molar refractivity (Wildman–Crippen MR) is 105 cm³/mol. The number of aliphatic carboxylic acids is 1. The minimum atomic E-state index is -3.23.